The maximum atomic E-state index is 13.8. The smallest absolute Gasteiger partial charge is 0.274 e. The highest BCUT2D eigenvalue weighted by Crippen LogP contribution is 2.66. The minimum Gasteiger partial charge on any atom is -0.493 e. The molecule has 10 nitrogen and oxygen atoms in total. The SMILES string of the molecule is COc1cc2cc(C(=O)N3C[C@H]4C[C@@]45C3=CC(=O)c3[nH]c(C(=O)N4CCCC4)cc35)[nH]c2c(OC)c1OC. The summed E-state index contributed by atoms with van der Waals surface area (Å²) in [7, 11) is 4.61. The fourth-order valence-corrected chi connectivity index (χ4v) is 6.70. The molecule has 1 saturated carbocycles. The van der Waals surface area contributed by atoms with Gasteiger partial charge in [-0.25, -0.2) is 0 Å². The van der Waals surface area contributed by atoms with E-state index in [4.69, 9.17) is 14.2 Å². The Labute approximate surface area is 218 Å². The van der Waals surface area contributed by atoms with E-state index in [0.717, 1.165) is 43.3 Å². The first-order valence-corrected chi connectivity index (χ1v) is 12.8. The molecule has 0 radical (unpaired) electrons. The molecule has 3 aromatic rings. The number of aromatic amines is 2. The number of ether oxygens (including phenoxy) is 3. The number of rotatable bonds is 5. The molecule has 2 aromatic heterocycles. The predicted molar refractivity (Wildman–Crippen MR) is 137 cm³/mol. The number of aromatic nitrogens is 2. The van der Waals surface area contributed by atoms with Crippen molar-refractivity contribution in [2.24, 2.45) is 5.92 Å². The van der Waals surface area contributed by atoms with Crippen LogP contribution in [0.4, 0.5) is 0 Å². The molecule has 0 unspecified atom stereocenters. The van der Waals surface area contributed by atoms with E-state index in [0.29, 0.717) is 52.1 Å². The number of allylic oxidation sites excluding steroid dienone is 2. The molecule has 1 aromatic carbocycles. The molecule has 38 heavy (non-hydrogen) atoms. The number of hydrogen-bond donors (Lipinski definition) is 2. The molecule has 1 spiro atoms. The second-order valence-corrected chi connectivity index (χ2v) is 10.4. The summed E-state index contributed by atoms with van der Waals surface area (Å²) in [6.45, 7) is 1.99. The number of fused-ring (bicyclic) bond motifs is 2. The van der Waals surface area contributed by atoms with Crippen LogP contribution in [0.2, 0.25) is 0 Å². The molecular weight excluding hydrogens is 488 g/mol. The van der Waals surface area contributed by atoms with Gasteiger partial charge in [-0.1, -0.05) is 0 Å². The second kappa shape index (κ2) is 7.89. The molecule has 2 amide bonds. The van der Waals surface area contributed by atoms with Gasteiger partial charge in [-0.05, 0) is 48.9 Å². The number of amides is 2. The summed E-state index contributed by atoms with van der Waals surface area (Å²) >= 11 is 0. The van der Waals surface area contributed by atoms with E-state index in [-0.39, 0.29) is 23.5 Å². The zero-order valence-electron chi connectivity index (χ0n) is 21.5. The van der Waals surface area contributed by atoms with Gasteiger partial charge in [-0.15, -0.1) is 0 Å². The van der Waals surface area contributed by atoms with Crippen LogP contribution < -0.4 is 14.2 Å². The quantitative estimate of drug-likeness (QED) is 0.538. The monoisotopic (exact) mass is 516 g/mol. The highest BCUT2D eigenvalue weighted by atomic mass is 16.5. The minimum atomic E-state index is -0.408. The van der Waals surface area contributed by atoms with Gasteiger partial charge in [0.15, 0.2) is 11.5 Å². The van der Waals surface area contributed by atoms with Gasteiger partial charge in [0, 0.05) is 42.2 Å². The van der Waals surface area contributed by atoms with Crippen molar-refractivity contribution in [3.8, 4) is 17.2 Å². The van der Waals surface area contributed by atoms with E-state index in [1.807, 2.05) is 11.0 Å². The van der Waals surface area contributed by atoms with E-state index < -0.39 is 5.41 Å². The highest BCUT2D eigenvalue weighted by molar-refractivity contribution is 6.10. The Morgan fingerprint density at radius 1 is 0.947 bits per heavy atom. The summed E-state index contributed by atoms with van der Waals surface area (Å²) in [6, 6.07) is 5.40. The summed E-state index contributed by atoms with van der Waals surface area (Å²) in [5, 5.41) is 0.744. The van der Waals surface area contributed by atoms with E-state index in [9.17, 15) is 14.4 Å². The maximum absolute atomic E-state index is 13.8. The lowest BCUT2D eigenvalue weighted by Crippen LogP contribution is -2.33. The number of H-pyrrole nitrogens is 2. The number of likely N-dealkylation sites (tertiary alicyclic amines) is 2. The van der Waals surface area contributed by atoms with Crippen molar-refractivity contribution in [2.75, 3.05) is 41.0 Å². The first kappa shape index (κ1) is 22.9. The molecule has 4 heterocycles. The third kappa shape index (κ3) is 2.91. The number of nitrogens with zero attached hydrogens (tertiary/aromatic N) is 2. The summed E-state index contributed by atoms with van der Waals surface area (Å²) in [6.07, 6.45) is 4.42. The van der Waals surface area contributed by atoms with Gasteiger partial charge in [0.1, 0.15) is 11.4 Å². The average molecular weight is 517 g/mol. The number of methoxy groups -OCH3 is 3. The number of ketones is 1. The number of carbonyl (C=O) groups is 3. The van der Waals surface area contributed by atoms with E-state index in [1.165, 1.54) is 14.2 Å². The number of piperidine rings is 1. The molecule has 2 atom stereocenters. The lowest BCUT2D eigenvalue weighted by Gasteiger charge is -2.27. The fourth-order valence-electron chi connectivity index (χ4n) is 6.70. The Morgan fingerprint density at radius 3 is 2.39 bits per heavy atom. The Bertz CT molecular complexity index is 1580. The Morgan fingerprint density at radius 2 is 1.68 bits per heavy atom. The predicted octanol–water partition coefficient (Wildman–Crippen LogP) is 3.25. The maximum Gasteiger partial charge on any atom is 0.274 e. The average Bonchev–Trinajstić information content (AvgIpc) is 3.49. The van der Waals surface area contributed by atoms with E-state index in [2.05, 4.69) is 9.97 Å². The van der Waals surface area contributed by atoms with Crippen molar-refractivity contribution >= 4 is 28.5 Å². The molecule has 2 saturated heterocycles. The van der Waals surface area contributed by atoms with Crippen LogP contribution in [0.1, 0.15) is 56.3 Å². The first-order valence-electron chi connectivity index (χ1n) is 12.8. The van der Waals surface area contributed by atoms with Crippen molar-refractivity contribution in [3.63, 3.8) is 0 Å². The molecule has 2 N–H and O–H groups in total. The van der Waals surface area contributed by atoms with Crippen LogP contribution in [0.5, 0.6) is 17.2 Å². The van der Waals surface area contributed by atoms with Crippen LogP contribution in [-0.2, 0) is 5.41 Å². The van der Waals surface area contributed by atoms with Crippen LogP contribution in [0.3, 0.4) is 0 Å². The van der Waals surface area contributed by atoms with Gasteiger partial charge in [-0.2, -0.15) is 0 Å². The molecule has 0 bridgehead atoms. The van der Waals surface area contributed by atoms with Gasteiger partial charge in [0.05, 0.1) is 32.5 Å². The largest absolute Gasteiger partial charge is 0.493 e. The number of nitrogens with one attached hydrogen (secondary N) is 2. The van der Waals surface area contributed by atoms with Gasteiger partial charge >= 0.3 is 0 Å². The van der Waals surface area contributed by atoms with Crippen LogP contribution in [0, 0.1) is 5.92 Å². The minimum absolute atomic E-state index is 0.0661. The number of benzene rings is 1. The van der Waals surface area contributed by atoms with Crippen molar-refractivity contribution in [1.29, 1.82) is 0 Å². The molecule has 7 rings (SSSR count). The molecule has 2 aliphatic carbocycles. The van der Waals surface area contributed by atoms with Crippen LogP contribution in [0.15, 0.2) is 30.0 Å². The number of hydrogen-bond acceptors (Lipinski definition) is 6. The standard InChI is InChI=1S/C28H28N4O6/c1-36-20-9-14-8-17(29-22(14)25(38-3)24(20)37-2)27(35)32-13-15-12-28(15)16-10-18(26(34)31-6-4-5-7-31)30-23(16)19(33)11-21(28)32/h8-11,15,29-30H,4-7,12-13H2,1-3H3/t15-,28-/m1/s1. The van der Waals surface area contributed by atoms with Crippen LogP contribution in [-0.4, -0.2) is 78.3 Å². The van der Waals surface area contributed by atoms with Gasteiger partial charge in [0.2, 0.25) is 11.5 Å². The number of carbonyl (C=O) groups excluding carboxylic acids is 3. The Balaban J connectivity index is 1.24. The normalized spacial score (nSPS) is 23.2. The molecule has 10 heteroatoms. The lowest BCUT2D eigenvalue weighted by molar-refractivity contribution is 0.0785. The van der Waals surface area contributed by atoms with Crippen LogP contribution >= 0.6 is 0 Å². The summed E-state index contributed by atoms with van der Waals surface area (Å²) in [5.74, 6) is 1.08. The first-order chi connectivity index (χ1) is 18.4. The molecule has 3 fully saturated rings. The zero-order valence-corrected chi connectivity index (χ0v) is 21.5. The Hall–Kier alpha value is -4.21. The topological polar surface area (TPSA) is 117 Å². The van der Waals surface area contributed by atoms with Crippen molar-refractivity contribution in [3.05, 3.63) is 52.6 Å². The summed E-state index contributed by atoms with van der Waals surface area (Å²) < 4.78 is 16.5. The van der Waals surface area contributed by atoms with Crippen molar-refractivity contribution in [1.82, 2.24) is 19.8 Å². The fraction of sp³-hybridized carbons (Fsp3) is 0.393. The molecular formula is C28H28N4O6. The Kier molecular flexibility index (Phi) is 4.77. The molecule has 4 aliphatic rings. The highest BCUT2D eigenvalue weighted by Gasteiger charge is 2.68. The van der Waals surface area contributed by atoms with E-state index >= 15 is 0 Å². The van der Waals surface area contributed by atoms with Gasteiger partial charge in [0.25, 0.3) is 11.8 Å². The zero-order chi connectivity index (χ0) is 26.3. The van der Waals surface area contributed by atoms with Gasteiger partial charge in [-0.3, -0.25) is 14.4 Å². The second-order valence-electron chi connectivity index (χ2n) is 10.4. The van der Waals surface area contributed by atoms with Crippen molar-refractivity contribution < 1.29 is 28.6 Å². The summed E-state index contributed by atoms with van der Waals surface area (Å²) in [4.78, 5) is 49.9. The third-order valence-corrected chi connectivity index (χ3v) is 8.59. The van der Waals surface area contributed by atoms with Gasteiger partial charge < -0.3 is 34.0 Å². The molecule has 2 aliphatic heterocycles. The lowest BCUT2D eigenvalue weighted by atomic mass is 9.85. The third-order valence-electron chi connectivity index (χ3n) is 8.59. The van der Waals surface area contributed by atoms with Crippen LogP contribution in [0.25, 0.3) is 10.9 Å². The van der Waals surface area contributed by atoms with Crippen molar-refractivity contribution in [2.45, 2.75) is 24.7 Å². The molecule has 196 valence electrons. The summed E-state index contributed by atoms with van der Waals surface area (Å²) in [5.41, 5.74) is 3.08. The van der Waals surface area contributed by atoms with E-state index in [1.54, 1.807) is 30.2 Å².